The molecule has 1 amide bonds. The fourth-order valence-electron chi connectivity index (χ4n) is 4.48. The average molecular weight is 494 g/mol. The maximum Gasteiger partial charge on any atom is 0.262 e. The second kappa shape index (κ2) is 9.99. The van der Waals surface area contributed by atoms with Gasteiger partial charge in [0, 0.05) is 29.7 Å². The van der Waals surface area contributed by atoms with Crippen LogP contribution in [0.4, 0.5) is 4.39 Å². The number of rotatable bonds is 7. The number of carbonyl (C=O) groups excluding carboxylic acids is 1. The van der Waals surface area contributed by atoms with E-state index in [1.165, 1.54) is 23.9 Å². The third kappa shape index (κ3) is 4.97. The summed E-state index contributed by atoms with van der Waals surface area (Å²) >= 11 is 1.38. The third-order valence-corrected chi connectivity index (χ3v) is 7.25. The first-order valence-electron chi connectivity index (χ1n) is 11.5. The maximum absolute atomic E-state index is 13.4. The Labute approximate surface area is 204 Å². The Morgan fingerprint density at radius 1 is 1.09 bits per heavy atom. The molecule has 2 N–H and O–H groups in total. The smallest absolute Gasteiger partial charge is 0.262 e. The molecule has 10 heteroatoms. The van der Waals surface area contributed by atoms with E-state index in [1.54, 1.807) is 22.8 Å². The zero-order valence-electron chi connectivity index (χ0n) is 18.9. The van der Waals surface area contributed by atoms with E-state index in [1.807, 2.05) is 18.2 Å². The van der Waals surface area contributed by atoms with Gasteiger partial charge in [0.15, 0.2) is 5.16 Å². The summed E-state index contributed by atoms with van der Waals surface area (Å²) in [6.45, 7) is 0. The number of hydrogen-bond donors (Lipinski definition) is 1. The van der Waals surface area contributed by atoms with Crippen molar-refractivity contribution in [1.82, 2.24) is 19.7 Å². The second-order valence-corrected chi connectivity index (χ2v) is 9.67. The van der Waals surface area contributed by atoms with Gasteiger partial charge in [-0.05, 0) is 62.1 Å². The van der Waals surface area contributed by atoms with Crippen LogP contribution in [0.2, 0.25) is 0 Å². The maximum atomic E-state index is 13.4. The van der Waals surface area contributed by atoms with Gasteiger partial charge in [0.05, 0.1) is 10.9 Å². The van der Waals surface area contributed by atoms with Crippen molar-refractivity contribution in [2.45, 2.75) is 49.2 Å². The topological polar surface area (TPSA) is 117 Å². The van der Waals surface area contributed by atoms with Gasteiger partial charge in [-0.3, -0.25) is 14.2 Å². The molecule has 1 aliphatic carbocycles. The predicted molar refractivity (Wildman–Crippen MR) is 130 cm³/mol. The van der Waals surface area contributed by atoms with Crippen LogP contribution in [0.15, 0.2) is 62.9 Å². The zero-order valence-corrected chi connectivity index (χ0v) is 19.7. The van der Waals surface area contributed by atoms with E-state index in [9.17, 15) is 14.0 Å². The van der Waals surface area contributed by atoms with Crippen LogP contribution < -0.4 is 11.3 Å². The highest BCUT2D eigenvalue weighted by molar-refractivity contribution is 7.99. The van der Waals surface area contributed by atoms with Crippen molar-refractivity contribution in [3.63, 3.8) is 0 Å². The van der Waals surface area contributed by atoms with E-state index in [0.29, 0.717) is 39.2 Å². The monoisotopic (exact) mass is 493 g/mol. The molecule has 0 atom stereocenters. The van der Waals surface area contributed by atoms with Gasteiger partial charge in [-0.15, -0.1) is 10.2 Å². The Hall–Kier alpha value is -3.53. The van der Waals surface area contributed by atoms with Crippen molar-refractivity contribution >= 4 is 28.6 Å². The summed E-state index contributed by atoms with van der Waals surface area (Å²) in [6.07, 6.45) is 3.28. The Kier molecular flexibility index (Phi) is 6.63. The molecular weight excluding hydrogens is 469 g/mol. The number of aromatic nitrogens is 4. The fourth-order valence-corrected chi connectivity index (χ4v) is 5.50. The van der Waals surface area contributed by atoms with Gasteiger partial charge in [-0.1, -0.05) is 23.9 Å². The molecule has 1 saturated carbocycles. The molecule has 5 rings (SSSR count). The highest BCUT2D eigenvalue weighted by Crippen LogP contribution is 2.39. The largest absolute Gasteiger partial charge is 0.420 e. The van der Waals surface area contributed by atoms with Crippen molar-refractivity contribution < 1.29 is 13.6 Å². The lowest BCUT2D eigenvalue weighted by atomic mass is 9.86. The predicted octanol–water partition coefficient (Wildman–Crippen LogP) is 4.45. The Morgan fingerprint density at radius 2 is 1.83 bits per heavy atom. The van der Waals surface area contributed by atoms with E-state index in [0.717, 1.165) is 25.7 Å². The minimum absolute atomic E-state index is 0.0218. The van der Waals surface area contributed by atoms with E-state index < -0.39 is 0 Å². The summed E-state index contributed by atoms with van der Waals surface area (Å²) in [4.78, 5) is 29.4. The number of halogens is 1. The Morgan fingerprint density at radius 3 is 2.57 bits per heavy atom. The number of nitrogens with two attached hydrogens (primary N) is 1. The molecule has 35 heavy (non-hydrogen) atoms. The van der Waals surface area contributed by atoms with Crippen molar-refractivity contribution in [3.8, 4) is 11.5 Å². The molecule has 2 aromatic carbocycles. The molecule has 0 aliphatic heterocycles. The normalized spacial score (nSPS) is 18.1. The van der Waals surface area contributed by atoms with Gasteiger partial charge in [-0.2, -0.15) is 0 Å². The lowest BCUT2D eigenvalue weighted by molar-refractivity contribution is -0.117. The SMILES string of the molecule is NC(=O)CCSc1nc2ccccc2c(=O)n1C1CCC(c2nnc(-c3ccc(F)cc3)o2)CC1. The quantitative estimate of drug-likeness (QED) is 0.298. The van der Waals surface area contributed by atoms with Crippen LogP contribution in [0, 0.1) is 5.82 Å². The standard InChI is InChI=1S/C25H24FN5O3S/c26-17-9-5-15(6-10-17)22-29-30-23(34-22)16-7-11-18(12-8-16)31-24(33)19-3-1-2-4-20(19)28-25(31)35-14-13-21(27)32/h1-6,9-10,16,18H,7-8,11-14H2,(H2,27,32). The third-order valence-electron chi connectivity index (χ3n) is 6.30. The summed E-state index contributed by atoms with van der Waals surface area (Å²) in [6, 6.07) is 13.2. The summed E-state index contributed by atoms with van der Waals surface area (Å²) in [5.41, 5.74) is 6.54. The number of thioether (sulfide) groups is 1. The number of amides is 1. The lowest BCUT2D eigenvalue weighted by Gasteiger charge is -2.29. The molecule has 2 aromatic heterocycles. The summed E-state index contributed by atoms with van der Waals surface area (Å²) in [7, 11) is 0. The van der Waals surface area contributed by atoms with E-state index in [-0.39, 0.29) is 35.7 Å². The average Bonchev–Trinajstić information content (AvgIpc) is 3.35. The van der Waals surface area contributed by atoms with Crippen LogP contribution >= 0.6 is 11.8 Å². The van der Waals surface area contributed by atoms with Gasteiger partial charge < -0.3 is 10.2 Å². The van der Waals surface area contributed by atoms with Crippen molar-refractivity contribution in [1.29, 1.82) is 0 Å². The van der Waals surface area contributed by atoms with Crippen LogP contribution in [-0.4, -0.2) is 31.4 Å². The van der Waals surface area contributed by atoms with Gasteiger partial charge >= 0.3 is 0 Å². The summed E-state index contributed by atoms with van der Waals surface area (Å²) in [5.74, 6) is 0.768. The van der Waals surface area contributed by atoms with Crippen LogP contribution in [0.5, 0.6) is 0 Å². The highest BCUT2D eigenvalue weighted by atomic mass is 32.2. The van der Waals surface area contributed by atoms with Crippen molar-refractivity contribution in [3.05, 3.63) is 70.6 Å². The first kappa shape index (κ1) is 23.2. The second-order valence-electron chi connectivity index (χ2n) is 8.61. The molecule has 0 unspecified atom stereocenters. The molecule has 0 spiro atoms. The van der Waals surface area contributed by atoms with Crippen molar-refractivity contribution in [2.24, 2.45) is 5.73 Å². The van der Waals surface area contributed by atoms with Gasteiger partial charge in [0.1, 0.15) is 5.82 Å². The van der Waals surface area contributed by atoms with E-state index in [4.69, 9.17) is 15.1 Å². The summed E-state index contributed by atoms with van der Waals surface area (Å²) in [5, 5.41) is 9.55. The molecular formula is C25H24FN5O3S. The van der Waals surface area contributed by atoms with E-state index >= 15 is 0 Å². The number of primary amides is 1. The molecule has 8 nitrogen and oxygen atoms in total. The molecule has 2 heterocycles. The van der Waals surface area contributed by atoms with Crippen LogP contribution in [-0.2, 0) is 4.79 Å². The number of carbonyl (C=O) groups is 1. The number of benzene rings is 2. The van der Waals surface area contributed by atoms with Gasteiger partial charge in [0.25, 0.3) is 5.56 Å². The minimum atomic E-state index is -0.382. The number of nitrogens with zero attached hydrogens (tertiary/aromatic N) is 4. The Balaban J connectivity index is 1.36. The van der Waals surface area contributed by atoms with Crippen molar-refractivity contribution in [2.75, 3.05) is 5.75 Å². The molecule has 4 aromatic rings. The molecule has 1 aliphatic rings. The number of para-hydroxylation sites is 1. The lowest BCUT2D eigenvalue weighted by Crippen LogP contribution is -2.30. The fraction of sp³-hybridized carbons (Fsp3) is 0.320. The molecule has 0 saturated heterocycles. The first-order chi connectivity index (χ1) is 17.0. The van der Waals surface area contributed by atoms with E-state index in [2.05, 4.69) is 10.2 Å². The molecule has 0 radical (unpaired) electrons. The zero-order chi connectivity index (χ0) is 24.4. The minimum Gasteiger partial charge on any atom is -0.420 e. The van der Waals surface area contributed by atoms with Gasteiger partial charge in [-0.25, -0.2) is 9.37 Å². The summed E-state index contributed by atoms with van der Waals surface area (Å²) < 4.78 is 20.9. The van der Waals surface area contributed by atoms with Gasteiger partial charge in [0.2, 0.25) is 17.7 Å². The highest BCUT2D eigenvalue weighted by Gasteiger charge is 2.29. The van der Waals surface area contributed by atoms with Crippen LogP contribution in [0.1, 0.15) is 50.0 Å². The first-order valence-corrected chi connectivity index (χ1v) is 12.5. The van der Waals surface area contributed by atoms with Crippen LogP contribution in [0.25, 0.3) is 22.4 Å². The number of hydrogen-bond acceptors (Lipinski definition) is 7. The van der Waals surface area contributed by atoms with Crippen LogP contribution in [0.3, 0.4) is 0 Å². The number of fused-ring (bicyclic) bond motifs is 1. The molecule has 180 valence electrons. The molecule has 1 fully saturated rings. The molecule has 0 bridgehead atoms. The Bertz CT molecular complexity index is 1410.